The second-order valence-electron chi connectivity index (χ2n) is 9.71. The number of aromatic nitrogens is 2. The second kappa shape index (κ2) is 9.39. The Morgan fingerprint density at radius 2 is 0.892 bits per heavy atom. The minimum atomic E-state index is -2.01. The molecule has 0 N–H and O–H groups in total. The summed E-state index contributed by atoms with van der Waals surface area (Å²) in [6, 6.07) is 38.0. The average Bonchev–Trinajstić information content (AvgIpc) is 3.56. The van der Waals surface area contributed by atoms with Gasteiger partial charge in [0.1, 0.15) is 0 Å². The van der Waals surface area contributed by atoms with E-state index < -0.39 is 8.07 Å². The molecule has 6 aromatic rings. The van der Waals surface area contributed by atoms with Gasteiger partial charge >= 0.3 is 0 Å². The molecule has 0 fully saturated rings. The SMILES string of the molecule is C[Si](C)(C#Cc1ccc(-n2ccc3ccccc32)cc1)C#Cc1ccc(-n2ccc3ccccc32)cc1. The van der Waals surface area contributed by atoms with Crippen LogP contribution < -0.4 is 0 Å². The predicted molar refractivity (Wildman–Crippen MR) is 158 cm³/mol. The summed E-state index contributed by atoms with van der Waals surface area (Å²) >= 11 is 0. The van der Waals surface area contributed by atoms with E-state index in [1.807, 2.05) is 0 Å². The van der Waals surface area contributed by atoms with Crippen LogP contribution in [0.25, 0.3) is 33.2 Å². The van der Waals surface area contributed by atoms with Gasteiger partial charge in [0, 0.05) is 34.9 Å². The van der Waals surface area contributed by atoms with Gasteiger partial charge in [-0.2, -0.15) is 0 Å². The lowest BCUT2D eigenvalue weighted by atomic mass is 10.2. The second-order valence-corrected chi connectivity index (χ2v) is 13.5. The minimum Gasteiger partial charge on any atom is -0.317 e. The maximum Gasteiger partial charge on any atom is 0.211 e. The van der Waals surface area contributed by atoms with Crippen molar-refractivity contribution in [1.82, 2.24) is 9.13 Å². The molecule has 176 valence electrons. The van der Waals surface area contributed by atoms with E-state index in [2.05, 4.69) is 167 Å². The smallest absolute Gasteiger partial charge is 0.211 e. The highest BCUT2D eigenvalue weighted by Crippen LogP contribution is 2.21. The molecule has 6 rings (SSSR count). The molecule has 0 spiro atoms. The minimum absolute atomic E-state index is 1.02. The molecular weight excluding hydrogens is 464 g/mol. The fourth-order valence-electron chi connectivity index (χ4n) is 4.52. The molecule has 2 aromatic heterocycles. The molecule has 3 heteroatoms. The number of nitrogens with zero attached hydrogens (tertiary/aromatic N) is 2. The van der Waals surface area contributed by atoms with Crippen LogP contribution >= 0.6 is 0 Å². The monoisotopic (exact) mass is 490 g/mol. The van der Waals surface area contributed by atoms with E-state index in [9.17, 15) is 0 Å². The van der Waals surface area contributed by atoms with Crippen molar-refractivity contribution in [3.63, 3.8) is 0 Å². The Morgan fingerprint density at radius 1 is 0.486 bits per heavy atom. The van der Waals surface area contributed by atoms with Gasteiger partial charge in [0.05, 0.1) is 11.0 Å². The predicted octanol–water partition coefficient (Wildman–Crippen LogP) is 7.76. The number of rotatable bonds is 2. The molecule has 4 aromatic carbocycles. The van der Waals surface area contributed by atoms with E-state index in [1.54, 1.807) is 0 Å². The van der Waals surface area contributed by atoms with Crippen molar-refractivity contribution in [3.8, 4) is 34.3 Å². The molecule has 2 nitrogen and oxygen atoms in total. The number of hydrogen-bond donors (Lipinski definition) is 0. The molecule has 0 unspecified atom stereocenters. The summed E-state index contributed by atoms with van der Waals surface area (Å²) in [7, 11) is -2.01. The van der Waals surface area contributed by atoms with E-state index in [-0.39, 0.29) is 0 Å². The quantitative estimate of drug-likeness (QED) is 0.173. The van der Waals surface area contributed by atoms with Crippen LogP contribution in [0, 0.1) is 22.9 Å². The van der Waals surface area contributed by atoms with Gasteiger partial charge in [-0.3, -0.25) is 0 Å². The van der Waals surface area contributed by atoms with Crippen molar-refractivity contribution in [1.29, 1.82) is 0 Å². The topological polar surface area (TPSA) is 9.86 Å². The Bertz CT molecular complexity index is 1710. The van der Waals surface area contributed by atoms with E-state index >= 15 is 0 Å². The van der Waals surface area contributed by atoms with Crippen molar-refractivity contribution in [3.05, 3.63) is 133 Å². The van der Waals surface area contributed by atoms with Crippen LogP contribution in [0.5, 0.6) is 0 Å². The van der Waals surface area contributed by atoms with E-state index in [0.29, 0.717) is 0 Å². The van der Waals surface area contributed by atoms with Gasteiger partial charge in [0.15, 0.2) is 0 Å². The van der Waals surface area contributed by atoms with Gasteiger partial charge in [0.25, 0.3) is 0 Å². The first-order valence-electron chi connectivity index (χ1n) is 12.5. The van der Waals surface area contributed by atoms with Crippen LogP contribution in [0.2, 0.25) is 13.1 Å². The van der Waals surface area contributed by atoms with Crippen molar-refractivity contribution < 1.29 is 0 Å². The number of fused-ring (bicyclic) bond motifs is 2. The highest BCUT2D eigenvalue weighted by molar-refractivity contribution is 6.92. The van der Waals surface area contributed by atoms with Crippen LogP contribution in [0.15, 0.2) is 122 Å². The van der Waals surface area contributed by atoms with Crippen molar-refractivity contribution >= 4 is 29.9 Å². The van der Waals surface area contributed by atoms with Crippen LogP contribution in [0.4, 0.5) is 0 Å². The first-order valence-corrected chi connectivity index (χ1v) is 15.5. The Labute approximate surface area is 218 Å². The lowest BCUT2D eigenvalue weighted by molar-refractivity contribution is 1.13. The zero-order chi connectivity index (χ0) is 25.2. The normalized spacial score (nSPS) is 11.1. The molecular formula is C34H26N2Si. The molecule has 0 saturated heterocycles. The molecule has 0 aliphatic carbocycles. The van der Waals surface area contributed by atoms with Gasteiger partial charge in [-0.25, -0.2) is 0 Å². The van der Waals surface area contributed by atoms with Gasteiger partial charge in [-0.05, 0) is 96.7 Å². The zero-order valence-electron chi connectivity index (χ0n) is 20.9. The van der Waals surface area contributed by atoms with E-state index in [4.69, 9.17) is 0 Å². The third-order valence-corrected chi connectivity index (χ3v) is 8.03. The largest absolute Gasteiger partial charge is 0.317 e. The first kappa shape index (κ1) is 22.7. The molecule has 0 atom stereocenters. The molecule has 37 heavy (non-hydrogen) atoms. The molecule has 0 aliphatic rings. The lowest BCUT2D eigenvalue weighted by Crippen LogP contribution is -2.21. The maximum atomic E-state index is 3.49. The highest BCUT2D eigenvalue weighted by Gasteiger charge is 2.14. The maximum absolute atomic E-state index is 3.49. The Hall–Kier alpha value is -4.70. The molecule has 0 aliphatic heterocycles. The summed E-state index contributed by atoms with van der Waals surface area (Å²) in [6.45, 7) is 4.40. The molecule has 0 bridgehead atoms. The average molecular weight is 491 g/mol. The third-order valence-electron chi connectivity index (χ3n) is 6.53. The summed E-state index contributed by atoms with van der Waals surface area (Å²) < 4.78 is 4.42. The van der Waals surface area contributed by atoms with Crippen LogP contribution in [-0.2, 0) is 0 Å². The van der Waals surface area contributed by atoms with Gasteiger partial charge in [-0.15, -0.1) is 11.1 Å². The first-order chi connectivity index (χ1) is 18.1. The van der Waals surface area contributed by atoms with Crippen LogP contribution in [-0.4, -0.2) is 17.2 Å². The fourth-order valence-corrected chi connectivity index (χ4v) is 5.49. The van der Waals surface area contributed by atoms with Crippen LogP contribution in [0.3, 0.4) is 0 Å². The Morgan fingerprint density at radius 3 is 1.32 bits per heavy atom. The zero-order valence-corrected chi connectivity index (χ0v) is 21.9. The summed E-state index contributed by atoms with van der Waals surface area (Å²) in [5.41, 5.74) is 13.7. The van der Waals surface area contributed by atoms with E-state index in [0.717, 1.165) is 22.5 Å². The van der Waals surface area contributed by atoms with E-state index in [1.165, 1.54) is 21.8 Å². The summed E-state index contributed by atoms with van der Waals surface area (Å²) in [6.07, 6.45) is 4.23. The molecule has 0 radical (unpaired) electrons. The van der Waals surface area contributed by atoms with Gasteiger partial charge in [0.2, 0.25) is 8.07 Å². The Kier molecular flexibility index (Phi) is 5.77. The van der Waals surface area contributed by atoms with Crippen molar-refractivity contribution in [2.24, 2.45) is 0 Å². The summed E-state index contributed by atoms with van der Waals surface area (Å²) in [5.74, 6) is 6.74. The molecule has 0 amide bonds. The van der Waals surface area contributed by atoms with Gasteiger partial charge in [-0.1, -0.05) is 48.2 Å². The number of hydrogen-bond acceptors (Lipinski definition) is 0. The summed E-state index contributed by atoms with van der Waals surface area (Å²) in [5, 5.41) is 2.48. The van der Waals surface area contributed by atoms with Crippen molar-refractivity contribution in [2.75, 3.05) is 0 Å². The molecule has 2 heterocycles. The van der Waals surface area contributed by atoms with Gasteiger partial charge < -0.3 is 9.13 Å². The standard InChI is InChI=1S/C34H26N2Si/c1-37(2,25-21-27-11-15-31(16-12-27)35-23-19-29-7-3-5-9-33(29)35)26-22-28-13-17-32(18-14-28)36-24-20-30-8-4-6-10-34(30)36/h3-20,23-24H,1-2H3. The van der Waals surface area contributed by atoms with Crippen LogP contribution in [0.1, 0.15) is 11.1 Å². The Balaban J connectivity index is 1.17. The fraction of sp³-hybridized carbons (Fsp3) is 0.0588. The number of para-hydroxylation sites is 2. The summed E-state index contributed by atoms with van der Waals surface area (Å²) in [4.78, 5) is 0. The van der Waals surface area contributed by atoms with Crippen molar-refractivity contribution in [2.45, 2.75) is 13.1 Å². The third kappa shape index (κ3) is 4.74. The lowest BCUT2D eigenvalue weighted by Gasteiger charge is -2.07. The number of benzene rings is 4. The molecule has 0 saturated carbocycles. The highest BCUT2D eigenvalue weighted by atomic mass is 28.3.